The number of anilines is 1. The predicted octanol–water partition coefficient (Wildman–Crippen LogP) is 3.21. The lowest BCUT2D eigenvalue weighted by Gasteiger charge is -2.26. The van der Waals surface area contributed by atoms with Gasteiger partial charge in [0.25, 0.3) is 5.91 Å². The molecule has 4 aromatic rings. The van der Waals surface area contributed by atoms with Crippen LogP contribution in [0.25, 0.3) is 27.4 Å². The first-order valence-electron chi connectivity index (χ1n) is 9.00. The summed E-state index contributed by atoms with van der Waals surface area (Å²) in [5, 5.41) is 0.741. The molecule has 0 unspecified atom stereocenters. The molecule has 5 heterocycles. The first-order valence-corrected chi connectivity index (χ1v) is 9.81. The van der Waals surface area contributed by atoms with Crippen LogP contribution in [0.1, 0.15) is 28.9 Å². The molecule has 0 aromatic carbocycles. The summed E-state index contributed by atoms with van der Waals surface area (Å²) in [7, 11) is 0. The molecule has 0 saturated carbocycles. The number of nitrogen functional groups attached to an aromatic ring is 1. The molecule has 1 aliphatic heterocycles. The van der Waals surface area contributed by atoms with Crippen molar-refractivity contribution >= 4 is 38.8 Å². The van der Waals surface area contributed by atoms with Gasteiger partial charge in [-0.15, -0.1) is 11.3 Å². The summed E-state index contributed by atoms with van der Waals surface area (Å²) in [6.07, 6.45) is 8.56. The standard InChI is InChI=1S/C19H18N6OS/c20-14-13-17-22-8-11-25(17)16(12-6-2-3-7-21-12)23-18(13)27-15(14)19(26)24-9-4-1-5-10-24/h2-3,6-8,11H,1,4-5,9-10,20H2. The number of hydrogen-bond donors (Lipinski definition) is 1. The fraction of sp³-hybridized carbons (Fsp3) is 0.263. The summed E-state index contributed by atoms with van der Waals surface area (Å²) >= 11 is 1.34. The number of hydrogen-bond acceptors (Lipinski definition) is 6. The van der Waals surface area contributed by atoms with Crippen molar-refractivity contribution in [2.24, 2.45) is 0 Å². The van der Waals surface area contributed by atoms with Crippen LogP contribution in [-0.2, 0) is 0 Å². The second kappa shape index (κ2) is 6.31. The van der Waals surface area contributed by atoms with Gasteiger partial charge >= 0.3 is 0 Å². The van der Waals surface area contributed by atoms with Gasteiger partial charge in [-0.2, -0.15) is 0 Å². The second-order valence-electron chi connectivity index (χ2n) is 6.65. The molecule has 8 heteroatoms. The number of rotatable bonds is 2. The molecule has 1 amide bonds. The number of carbonyl (C=O) groups is 1. The average Bonchev–Trinajstić information content (AvgIpc) is 3.33. The van der Waals surface area contributed by atoms with E-state index in [1.54, 1.807) is 12.4 Å². The number of thiophene rings is 1. The zero-order valence-electron chi connectivity index (χ0n) is 14.6. The minimum Gasteiger partial charge on any atom is -0.397 e. The molecule has 4 aromatic heterocycles. The lowest BCUT2D eigenvalue weighted by Crippen LogP contribution is -2.35. The van der Waals surface area contributed by atoms with E-state index in [1.165, 1.54) is 17.8 Å². The van der Waals surface area contributed by atoms with Crippen LogP contribution in [0.5, 0.6) is 0 Å². The average molecular weight is 378 g/mol. The van der Waals surface area contributed by atoms with Crippen LogP contribution in [0, 0.1) is 0 Å². The maximum Gasteiger partial charge on any atom is 0.266 e. The number of aromatic nitrogens is 4. The Morgan fingerprint density at radius 2 is 1.96 bits per heavy atom. The molecule has 0 aliphatic carbocycles. The second-order valence-corrected chi connectivity index (χ2v) is 7.65. The van der Waals surface area contributed by atoms with Gasteiger partial charge in [-0.25, -0.2) is 9.97 Å². The van der Waals surface area contributed by atoms with Gasteiger partial charge in [0.2, 0.25) is 0 Å². The largest absolute Gasteiger partial charge is 0.397 e. The third-order valence-corrected chi connectivity index (χ3v) is 6.05. The molecule has 1 aliphatic rings. The topological polar surface area (TPSA) is 89.4 Å². The summed E-state index contributed by atoms with van der Waals surface area (Å²) in [4.78, 5) is 29.8. The molecule has 5 rings (SSSR count). The van der Waals surface area contributed by atoms with Crippen molar-refractivity contribution in [1.29, 1.82) is 0 Å². The molecule has 136 valence electrons. The lowest BCUT2D eigenvalue weighted by molar-refractivity contribution is 0.0730. The van der Waals surface area contributed by atoms with Crippen molar-refractivity contribution in [2.75, 3.05) is 18.8 Å². The Hall–Kier alpha value is -3.00. The van der Waals surface area contributed by atoms with Gasteiger partial charge in [0.15, 0.2) is 11.5 Å². The molecular weight excluding hydrogens is 360 g/mol. The van der Waals surface area contributed by atoms with Crippen LogP contribution in [0.15, 0.2) is 36.8 Å². The van der Waals surface area contributed by atoms with E-state index in [0.29, 0.717) is 26.9 Å². The molecule has 2 N–H and O–H groups in total. The number of nitrogens with zero attached hydrogens (tertiary/aromatic N) is 5. The van der Waals surface area contributed by atoms with E-state index in [1.807, 2.05) is 33.7 Å². The number of imidazole rings is 1. The minimum absolute atomic E-state index is 0.000655. The van der Waals surface area contributed by atoms with Crippen molar-refractivity contribution < 1.29 is 4.79 Å². The van der Waals surface area contributed by atoms with Crippen molar-refractivity contribution in [2.45, 2.75) is 19.3 Å². The Kier molecular flexibility index (Phi) is 3.78. The third-order valence-electron chi connectivity index (χ3n) is 4.96. The first-order chi connectivity index (χ1) is 13.2. The quantitative estimate of drug-likeness (QED) is 0.578. The van der Waals surface area contributed by atoms with Crippen LogP contribution in [-0.4, -0.2) is 43.2 Å². The maximum atomic E-state index is 13.0. The van der Waals surface area contributed by atoms with Crippen molar-refractivity contribution in [3.63, 3.8) is 0 Å². The van der Waals surface area contributed by atoms with E-state index in [4.69, 9.17) is 10.7 Å². The number of amides is 1. The maximum absolute atomic E-state index is 13.0. The fourth-order valence-corrected chi connectivity index (χ4v) is 4.67. The molecule has 0 radical (unpaired) electrons. The molecule has 0 bridgehead atoms. The van der Waals surface area contributed by atoms with Crippen molar-refractivity contribution in [1.82, 2.24) is 24.3 Å². The highest BCUT2D eigenvalue weighted by molar-refractivity contribution is 7.21. The summed E-state index contributed by atoms with van der Waals surface area (Å²) in [5.74, 6) is 0.688. The predicted molar refractivity (Wildman–Crippen MR) is 106 cm³/mol. The summed E-state index contributed by atoms with van der Waals surface area (Å²) in [6.45, 7) is 1.58. The zero-order valence-corrected chi connectivity index (χ0v) is 15.4. The Morgan fingerprint density at radius 3 is 2.74 bits per heavy atom. The Labute approximate surface area is 159 Å². The third kappa shape index (κ3) is 2.56. The van der Waals surface area contributed by atoms with Gasteiger partial charge in [0, 0.05) is 31.7 Å². The van der Waals surface area contributed by atoms with E-state index in [9.17, 15) is 4.79 Å². The van der Waals surface area contributed by atoms with Gasteiger partial charge in [0.05, 0.1) is 11.1 Å². The minimum atomic E-state index is -0.000655. The van der Waals surface area contributed by atoms with E-state index in [-0.39, 0.29) is 5.91 Å². The van der Waals surface area contributed by atoms with Gasteiger partial charge in [-0.3, -0.25) is 14.2 Å². The van der Waals surface area contributed by atoms with Gasteiger partial charge in [-0.05, 0) is 31.4 Å². The molecule has 0 spiro atoms. The number of likely N-dealkylation sites (tertiary alicyclic amines) is 1. The van der Waals surface area contributed by atoms with Crippen LogP contribution in [0.3, 0.4) is 0 Å². The van der Waals surface area contributed by atoms with Crippen LogP contribution in [0.4, 0.5) is 5.69 Å². The van der Waals surface area contributed by atoms with Gasteiger partial charge < -0.3 is 10.6 Å². The lowest BCUT2D eigenvalue weighted by atomic mass is 10.1. The highest BCUT2D eigenvalue weighted by Gasteiger charge is 2.26. The van der Waals surface area contributed by atoms with Gasteiger partial charge in [-0.1, -0.05) is 6.07 Å². The molecule has 27 heavy (non-hydrogen) atoms. The fourth-order valence-electron chi connectivity index (χ4n) is 3.61. The van der Waals surface area contributed by atoms with E-state index in [0.717, 1.165) is 37.0 Å². The van der Waals surface area contributed by atoms with Crippen molar-refractivity contribution in [3.05, 3.63) is 41.7 Å². The SMILES string of the molecule is Nc1c(C(=O)N2CCCCC2)sc2nc(-c3ccccn3)n3ccnc3c12. The molecule has 1 saturated heterocycles. The van der Waals surface area contributed by atoms with Gasteiger partial charge in [0.1, 0.15) is 15.4 Å². The number of pyridine rings is 1. The number of nitrogens with two attached hydrogens (primary N) is 1. The number of carbonyl (C=O) groups excluding carboxylic acids is 1. The zero-order chi connectivity index (χ0) is 18.4. The number of piperidine rings is 1. The summed E-state index contributed by atoms with van der Waals surface area (Å²) < 4.78 is 1.88. The Morgan fingerprint density at radius 1 is 1.11 bits per heavy atom. The first kappa shape index (κ1) is 16.2. The normalized spacial score (nSPS) is 14.9. The molecule has 1 fully saturated rings. The van der Waals surface area contributed by atoms with E-state index in [2.05, 4.69) is 9.97 Å². The highest BCUT2D eigenvalue weighted by atomic mass is 32.1. The van der Waals surface area contributed by atoms with E-state index >= 15 is 0 Å². The monoisotopic (exact) mass is 378 g/mol. The summed E-state index contributed by atoms with van der Waals surface area (Å²) in [5.41, 5.74) is 8.34. The number of fused-ring (bicyclic) bond motifs is 3. The van der Waals surface area contributed by atoms with E-state index < -0.39 is 0 Å². The molecule has 7 nitrogen and oxygen atoms in total. The van der Waals surface area contributed by atoms with Crippen LogP contribution in [0.2, 0.25) is 0 Å². The van der Waals surface area contributed by atoms with Crippen LogP contribution < -0.4 is 5.73 Å². The smallest absolute Gasteiger partial charge is 0.266 e. The summed E-state index contributed by atoms with van der Waals surface area (Å²) in [6, 6.07) is 5.70. The Balaban J connectivity index is 1.71. The Bertz CT molecular complexity index is 1140. The highest BCUT2D eigenvalue weighted by Crippen LogP contribution is 2.37. The van der Waals surface area contributed by atoms with Crippen LogP contribution >= 0.6 is 11.3 Å². The molecule has 0 atom stereocenters. The van der Waals surface area contributed by atoms with Crippen molar-refractivity contribution in [3.8, 4) is 11.5 Å². The molecular formula is C19H18N6OS.